The SMILES string of the molecule is [2H]C([2H])([2H])c1c[c-]c(-c2ccc(C([2H])([2H])C(C)(C)C)cn2)cc1.[2H]C([2H])([2H])c1ccc2c(c1)oc1c(-c3cc(-c4ccc(C([2H])([2H])C5CCCC5)cc4C([2H])([2H])[2H])c(C([2H])([2H])[2H])cn3)[c-]ccc12.[Ir]. The maximum absolute atomic E-state index is 8.84. The molecule has 1 saturated carbocycles. The van der Waals surface area contributed by atoms with Gasteiger partial charge in [0, 0.05) is 59.8 Å². The van der Waals surface area contributed by atoms with Crippen molar-refractivity contribution in [2.24, 2.45) is 11.3 Å². The zero-order valence-corrected chi connectivity index (χ0v) is 32.2. The number of aryl methyl sites for hydroxylation is 4. The van der Waals surface area contributed by atoms with Crippen molar-refractivity contribution in [3.8, 4) is 33.6 Å². The van der Waals surface area contributed by atoms with E-state index in [4.69, 9.17) is 26.3 Å². The van der Waals surface area contributed by atoms with Gasteiger partial charge in [-0.15, -0.1) is 53.6 Å². The molecule has 4 heteroatoms. The van der Waals surface area contributed by atoms with Gasteiger partial charge in [0.1, 0.15) is 5.58 Å². The Morgan fingerprint density at radius 3 is 2.26 bits per heavy atom. The molecule has 273 valence electrons. The number of furan rings is 1. The summed E-state index contributed by atoms with van der Waals surface area (Å²) in [5.74, 6) is -0.228. The van der Waals surface area contributed by atoms with Crippen LogP contribution in [0.1, 0.15) is 102 Å². The number of aromatic nitrogens is 2. The van der Waals surface area contributed by atoms with Crippen molar-refractivity contribution in [1.29, 1.82) is 0 Å². The largest absolute Gasteiger partial charge is 0.501 e. The van der Waals surface area contributed by atoms with Gasteiger partial charge in [0.15, 0.2) is 0 Å². The Labute approximate surface area is 352 Å². The Kier molecular flexibility index (Phi) is 7.01. The molecule has 0 atom stereocenters. The maximum Gasteiger partial charge on any atom is 0.121 e. The van der Waals surface area contributed by atoms with E-state index in [0.29, 0.717) is 44.3 Å². The molecule has 1 aliphatic carbocycles. The van der Waals surface area contributed by atoms with Gasteiger partial charge in [0.25, 0.3) is 0 Å². The van der Waals surface area contributed by atoms with Gasteiger partial charge in [-0.25, -0.2) is 0 Å². The summed E-state index contributed by atoms with van der Waals surface area (Å²) in [7, 11) is 0. The summed E-state index contributed by atoms with van der Waals surface area (Å²) in [6.07, 6.45) is 2.79. The third-order valence-electron chi connectivity index (χ3n) is 9.00. The van der Waals surface area contributed by atoms with E-state index >= 15 is 0 Å². The number of benzene rings is 4. The molecule has 4 aromatic carbocycles. The molecule has 8 rings (SSSR count). The molecule has 7 aromatic rings. The standard InChI is InChI=1S/C32H30NO.C17H20N.Ir/c1-20-11-13-26-27-9-6-10-28(32(27)34-31(26)15-20)30-18-29(22(3)19-33-30)25-14-12-24(16-21(25)2)17-23-7-4-5-8-23;1-13-5-8-15(9-6-13)16-10-7-14(12-18-16)11-17(2,3)4;/h6,9,11-16,18-19,23H,4-5,7-8,17H2,1-3H3;5-8,10,12H,11H2,1-4H3;/q2*-1;/i1D3,2D3,3D3,17D2;1D3,11D2;. The number of pyridine rings is 2. The second kappa shape index (κ2) is 16.3. The van der Waals surface area contributed by atoms with Crippen LogP contribution in [-0.4, -0.2) is 9.97 Å². The van der Waals surface area contributed by atoms with E-state index in [1.807, 2.05) is 20.8 Å². The summed E-state index contributed by atoms with van der Waals surface area (Å²) in [6.45, 7) is -4.22. The van der Waals surface area contributed by atoms with E-state index in [1.54, 1.807) is 48.5 Å². The molecule has 3 nitrogen and oxygen atoms in total. The molecule has 0 N–H and O–H groups in total. The second-order valence-corrected chi connectivity index (χ2v) is 14.2. The van der Waals surface area contributed by atoms with Gasteiger partial charge in [-0.3, -0.25) is 0 Å². The van der Waals surface area contributed by atoms with Gasteiger partial charge >= 0.3 is 0 Å². The molecule has 53 heavy (non-hydrogen) atoms. The fourth-order valence-corrected chi connectivity index (χ4v) is 6.57. The summed E-state index contributed by atoms with van der Waals surface area (Å²) in [5, 5.41) is 1.37. The molecule has 0 spiro atoms. The normalized spacial score (nSPS) is 19.2. The summed E-state index contributed by atoms with van der Waals surface area (Å²) in [4.78, 5) is 8.75. The number of rotatable bonds is 6. The molecule has 3 aromatic heterocycles. The molecule has 0 bridgehead atoms. The predicted octanol–water partition coefficient (Wildman–Crippen LogP) is 13.2. The van der Waals surface area contributed by atoms with Crippen molar-refractivity contribution < 1.29 is 46.5 Å². The van der Waals surface area contributed by atoms with Crippen LogP contribution in [0.15, 0.2) is 102 Å². The van der Waals surface area contributed by atoms with E-state index in [1.165, 1.54) is 48.8 Å². The summed E-state index contributed by atoms with van der Waals surface area (Å²) in [5.41, 5.74) is 3.29. The minimum Gasteiger partial charge on any atom is -0.501 e. The summed E-state index contributed by atoms with van der Waals surface area (Å²) < 4.78 is 135. The topological polar surface area (TPSA) is 38.9 Å². The van der Waals surface area contributed by atoms with Gasteiger partial charge in [-0.2, -0.15) is 0 Å². The van der Waals surface area contributed by atoms with Crippen LogP contribution in [0.25, 0.3) is 55.6 Å². The summed E-state index contributed by atoms with van der Waals surface area (Å²) >= 11 is 0. The zero-order valence-electron chi connectivity index (χ0n) is 45.8. The molecule has 0 saturated heterocycles. The van der Waals surface area contributed by atoms with E-state index in [0.717, 1.165) is 25.7 Å². The number of nitrogens with zero attached hydrogens (tertiary/aromatic N) is 2. The molecule has 1 radical (unpaired) electrons. The Balaban J connectivity index is 0.000000275. The van der Waals surface area contributed by atoms with Crippen molar-refractivity contribution in [3.05, 3.63) is 143 Å². The first-order chi connectivity index (χ1) is 31.4. The quantitative estimate of drug-likeness (QED) is 0.156. The molecule has 0 amide bonds. The van der Waals surface area contributed by atoms with Crippen molar-refractivity contribution in [2.45, 2.75) is 86.6 Å². The van der Waals surface area contributed by atoms with E-state index in [-0.39, 0.29) is 70.7 Å². The van der Waals surface area contributed by atoms with Crippen LogP contribution in [0.3, 0.4) is 0 Å². The smallest absolute Gasteiger partial charge is 0.121 e. The third-order valence-corrected chi connectivity index (χ3v) is 9.00. The molecule has 0 unspecified atom stereocenters. The van der Waals surface area contributed by atoms with Crippen molar-refractivity contribution >= 4 is 21.9 Å². The van der Waals surface area contributed by atoms with Crippen molar-refractivity contribution in [1.82, 2.24) is 9.97 Å². The van der Waals surface area contributed by atoms with Crippen LogP contribution in [-0.2, 0) is 32.9 Å². The monoisotopic (exact) mass is 891 g/mol. The number of hydrogen-bond donors (Lipinski definition) is 0. The first-order valence-corrected chi connectivity index (χ1v) is 17.4. The zero-order chi connectivity index (χ0) is 50.0. The maximum atomic E-state index is 8.84. The van der Waals surface area contributed by atoms with Crippen LogP contribution < -0.4 is 0 Å². The van der Waals surface area contributed by atoms with Gasteiger partial charge < -0.3 is 14.4 Å². The Hall–Kier alpha value is -4.37. The number of fused-ring (bicyclic) bond motifs is 3. The van der Waals surface area contributed by atoms with Gasteiger partial charge in [-0.1, -0.05) is 113 Å². The Morgan fingerprint density at radius 2 is 1.55 bits per heavy atom. The van der Waals surface area contributed by atoms with Gasteiger partial charge in [0.05, 0.1) is 5.58 Å². The Morgan fingerprint density at radius 1 is 0.755 bits per heavy atom. The van der Waals surface area contributed by atoms with Crippen LogP contribution in [0, 0.1) is 50.9 Å². The molecular weight excluding hydrogens is 825 g/mol. The van der Waals surface area contributed by atoms with Crippen LogP contribution in [0.5, 0.6) is 0 Å². The fraction of sp³-hybridized carbons (Fsp3) is 0.306. The minimum atomic E-state index is -2.67. The molecule has 1 aliphatic rings. The first-order valence-electron chi connectivity index (χ1n) is 25.4. The van der Waals surface area contributed by atoms with Crippen molar-refractivity contribution in [2.75, 3.05) is 0 Å². The van der Waals surface area contributed by atoms with Gasteiger partial charge in [0.2, 0.25) is 0 Å². The van der Waals surface area contributed by atoms with Crippen LogP contribution >= 0.6 is 0 Å². The third kappa shape index (κ3) is 9.06. The van der Waals surface area contributed by atoms with E-state index in [9.17, 15) is 0 Å². The predicted molar refractivity (Wildman–Crippen MR) is 218 cm³/mol. The molecular formula is C49H50IrN2O-2. The molecule has 3 heterocycles. The fourth-order valence-electron chi connectivity index (χ4n) is 6.57. The van der Waals surface area contributed by atoms with E-state index in [2.05, 4.69) is 22.1 Å². The summed E-state index contributed by atoms with van der Waals surface area (Å²) in [6, 6.07) is 28.2. The number of hydrogen-bond acceptors (Lipinski definition) is 3. The second-order valence-electron chi connectivity index (χ2n) is 14.2. The average Bonchev–Trinajstić information content (AvgIpc) is 3.94. The van der Waals surface area contributed by atoms with Crippen molar-refractivity contribution in [3.63, 3.8) is 0 Å². The minimum absolute atomic E-state index is 0. The first kappa shape index (κ1) is 22.8. The molecule has 1 fully saturated rings. The Bertz CT molecular complexity index is 2940. The van der Waals surface area contributed by atoms with E-state index < -0.39 is 45.6 Å². The van der Waals surface area contributed by atoms with Crippen LogP contribution in [0.2, 0.25) is 0 Å². The molecule has 0 aliphatic heterocycles. The van der Waals surface area contributed by atoms with Gasteiger partial charge in [-0.05, 0) is 101 Å². The average molecular weight is 891 g/mol. The van der Waals surface area contributed by atoms with Crippen LogP contribution in [0.4, 0.5) is 0 Å².